The summed E-state index contributed by atoms with van der Waals surface area (Å²) in [7, 11) is 0. The van der Waals surface area contributed by atoms with Gasteiger partial charge in [-0.2, -0.15) is 0 Å². The first kappa shape index (κ1) is 19.2. The number of aliphatic hydroxyl groups is 1. The maximum absolute atomic E-state index is 7.57. The van der Waals surface area contributed by atoms with Crippen molar-refractivity contribution in [2.75, 3.05) is 6.61 Å². The molecule has 0 aliphatic carbocycles. The molecule has 80 valence electrons. The van der Waals surface area contributed by atoms with Crippen LogP contribution in [0.3, 0.4) is 0 Å². The van der Waals surface area contributed by atoms with Crippen molar-refractivity contribution >= 4 is 0 Å². The van der Waals surface area contributed by atoms with Crippen molar-refractivity contribution in [1.29, 1.82) is 0 Å². The van der Waals surface area contributed by atoms with Crippen LogP contribution in [0, 0.1) is 0 Å². The Hall–Kier alpha value is 0.634. The monoisotopic (exact) mass is 222 g/mol. The van der Waals surface area contributed by atoms with Gasteiger partial charge in [0.15, 0.2) is 0 Å². The molecule has 0 saturated carbocycles. The molecule has 0 aromatic rings. The van der Waals surface area contributed by atoms with Gasteiger partial charge in [-0.3, -0.25) is 0 Å². The molecule has 0 bridgehead atoms. The molecule has 3 heteroatoms. The molecule has 0 heterocycles. The first-order valence-corrected chi connectivity index (χ1v) is 4.47. The van der Waals surface area contributed by atoms with E-state index in [0.29, 0.717) is 0 Å². The summed E-state index contributed by atoms with van der Waals surface area (Å²) in [6, 6.07) is 0. The van der Waals surface area contributed by atoms with Crippen LogP contribution in [0.4, 0.5) is 0 Å². The van der Waals surface area contributed by atoms with Crippen LogP contribution in [0.1, 0.15) is 48.5 Å². The first-order valence-electron chi connectivity index (χ1n) is 4.47. The first-order chi connectivity index (χ1) is 5.12. The molecule has 0 radical (unpaired) electrons. The smallest absolute Gasteiger partial charge is 0.0402 e. The largest absolute Gasteiger partial charge is 0.653 e. The van der Waals surface area contributed by atoms with E-state index < -0.39 is 0 Å². The van der Waals surface area contributed by atoms with Crippen molar-refractivity contribution in [2.24, 2.45) is 0 Å². The van der Waals surface area contributed by atoms with E-state index in [1.807, 2.05) is 0 Å². The number of hydrogen-bond donors (Lipinski definition) is 1. The Kier molecular flexibility index (Phi) is 11.8. The van der Waals surface area contributed by atoms with E-state index in [9.17, 15) is 0 Å². The SMILES string of the molecule is CC(C)(C)[N-]C(C)(C)C.CCO.[Ti]. The van der Waals surface area contributed by atoms with Crippen molar-refractivity contribution in [3.8, 4) is 0 Å². The number of aliphatic hydroxyl groups excluding tert-OH is 1. The maximum Gasteiger partial charge on any atom is 0.0402 e. The van der Waals surface area contributed by atoms with E-state index in [1.165, 1.54) is 0 Å². The van der Waals surface area contributed by atoms with Crippen molar-refractivity contribution in [3.63, 3.8) is 0 Å². The fourth-order valence-electron chi connectivity index (χ4n) is 1.01. The van der Waals surface area contributed by atoms with Gasteiger partial charge < -0.3 is 10.4 Å². The molecular formula is C10H24NOTi-. The molecule has 2 nitrogen and oxygen atoms in total. The van der Waals surface area contributed by atoms with Crippen LogP contribution < -0.4 is 0 Å². The minimum absolute atomic E-state index is 0. The second-order valence-electron chi connectivity index (χ2n) is 4.77. The molecule has 0 aromatic heterocycles. The Balaban J connectivity index is -0.000000220. The van der Waals surface area contributed by atoms with E-state index in [-0.39, 0.29) is 39.4 Å². The molecule has 0 rings (SSSR count). The average Bonchev–Trinajstić information content (AvgIpc) is 1.53. The third kappa shape index (κ3) is 32.5. The zero-order valence-corrected chi connectivity index (χ0v) is 11.7. The second-order valence-corrected chi connectivity index (χ2v) is 4.77. The Morgan fingerprint density at radius 1 is 0.923 bits per heavy atom. The zero-order valence-electron chi connectivity index (χ0n) is 10.1. The molecule has 0 amide bonds. The van der Waals surface area contributed by atoms with E-state index in [0.717, 1.165) is 0 Å². The fraction of sp³-hybridized carbons (Fsp3) is 1.00. The van der Waals surface area contributed by atoms with E-state index in [2.05, 4.69) is 46.9 Å². The van der Waals surface area contributed by atoms with Gasteiger partial charge in [0.25, 0.3) is 0 Å². The molecule has 1 N–H and O–H groups in total. The van der Waals surface area contributed by atoms with E-state index in [4.69, 9.17) is 5.11 Å². The van der Waals surface area contributed by atoms with Gasteiger partial charge in [0, 0.05) is 28.3 Å². The summed E-state index contributed by atoms with van der Waals surface area (Å²) in [6.45, 7) is 14.7. The molecule has 13 heavy (non-hydrogen) atoms. The van der Waals surface area contributed by atoms with Crippen molar-refractivity contribution in [3.05, 3.63) is 5.32 Å². The van der Waals surface area contributed by atoms with E-state index in [1.54, 1.807) is 6.92 Å². The molecule has 0 saturated heterocycles. The van der Waals surface area contributed by atoms with Gasteiger partial charge in [-0.1, -0.05) is 41.5 Å². The van der Waals surface area contributed by atoms with Crippen molar-refractivity contribution in [2.45, 2.75) is 59.5 Å². The summed E-state index contributed by atoms with van der Waals surface area (Å²) < 4.78 is 0. The van der Waals surface area contributed by atoms with Gasteiger partial charge in [-0.05, 0) is 6.92 Å². The quantitative estimate of drug-likeness (QED) is 0.628. The fourth-order valence-corrected chi connectivity index (χ4v) is 1.01. The summed E-state index contributed by atoms with van der Waals surface area (Å²) in [6.07, 6.45) is 0. The van der Waals surface area contributed by atoms with Gasteiger partial charge in [-0.15, -0.1) is 11.1 Å². The Labute approximate surface area is 98.4 Å². The summed E-state index contributed by atoms with van der Waals surface area (Å²) in [5, 5.41) is 12.1. The van der Waals surface area contributed by atoms with Gasteiger partial charge in [0.05, 0.1) is 0 Å². The van der Waals surface area contributed by atoms with E-state index >= 15 is 0 Å². The van der Waals surface area contributed by atoms with Crippen LogP contribution >= 0.6 is 0 Å². The number of hydrogen-bond acceptors (Lipinski definition) is 1. The summed E-state index contributed by atoms with van der Waals surface area (Å²) in [5.74, 6) is 0. The molecule has 0 atom stereocenters. The van der Waals surface area contributed by atoms with Crippen LogP contribution in [0.25, 0.3) is 5.32 Å². The Morgan fingerprint density at radius 3 is 1.08 bits per heavy atom. The molecule has 0 fully saturated rings. The predicted octanol–water partition coefficient (Wildman–Crippen LogP) is 2.95. The van der Waals surface area contributed by atoms with Gasteiger partial charge in [0.2, 0.25) is 0 Å². The van der Waals surface area contributed by atoms with Gasteiger partial charge >= 0.3 is 0 Å². The molecule has 0 spiro atoms. The average molecular weight is 222 g/mol. The number of rotatable bonds is 0. The molecule has 0 aliphatic rings. The Bertz CT molecular complexity index is 90.5. The van der Waals surface area contributed by atoms with Crippen molar-refractivity contribution < 1.29 is 26.8 Å². The van der Waals surface area contributed by atoms with Gasteiger partial charge in [-0.25, -0.2) is 0 Å². The normalized spacial score (nSPS) is 11.1. The molecular weight excluding hydrogens is 198 g/mol. The summed E-state index contributed by atoms with van der Waals surface area (Å²) in [5.41, 5.74) is 0.219. The third-order valence-corrected chi connectivity index (χ3v) is 0.671. The standard InChI is InChI=1S/C8H18N.C2H6O.Ti/c1-7(2,3)9-8(4,5)6;1-2-3;/h1-6H3;3H,2H2,1H3;/q-1;;. The predicted molar refractivity (Wildman–Crippen MR) is 55.6 cm³/mol. The topological polar surface area (TPSA) is 34.3 Å². The third-order valence-electron chi connectivity index (χ3n) is 0.671. The van der Waals surface area contributed by atoms with Crippen LogP contribution in [-0.4, -0.2) is 22.8 Å². The maximum atomic E-state index is 7.57. The van der Waals surface area contributed by atoms with Crippen LogP contribution in [0.2, 0.25) is 0 Å². The second kappa shape index (κ2) is 7.99. The number of nitrogens with zero attached hydrogens (tertiary/aromatic N) is 1. The summed E-state index contributed by atoms with van der Waals surface area (Å²) in [4.78, 5) is 0. The molecule has 0 aromatic carbocycles. The van der Waals surface area contributed by atoms with Gasteiger partial charge in [0.1, 0.15) is 0 Å². The minimum atomic E-state index is 0. The van der Waals surface area contributed by atoms with Crippen molar-refractivity contribution in [1.82, 2.24) is 0 Å². The van der Waals surface area contributed by atoms with Crippen LogP contribution in [-0.2, 0) is 21.7 Å². The van der Waals surface area contributed by atoms with Crippen LogP contribution in [0.5, 0.6) is 0 Å². The summed E-state index contributed by atoms with van der Waals surface area (Å²) >= 11 is 0. The van der Waals surface area contributed by atoms with Crippen LogP contribution in [0.15, 0.2) is 0 Å². The molecule has 0 aliphatic heterocycles. The minimum Gasteiger partial charge on any atom is -0.653 e. The molecule has 0 unspecified atom stereocenters. The Morgan fingerprint density at radius 2 is 1.08 bits per heavy atom. The zero-order chi connectivity index (χ0) is 10.4.